The smallest absolute Gasteiger partial charge is 0.191 e. The Labute approximate surface area is 179 Å². The average molecular weight is 493 g/mol. The number of ether oxygens (including phenoxy) is 1. The number of likely N-dealkylation sites (N-methyl/N-ethyl adjacent to an activating group) is 1. The molecule has 27 heavy (non-hydrogen) atoms. The number of hydrogen-bond donors (Lipinski definition) is 2. The van der Waals surface area contributed by atoms with Crippen molar-refractivity contribution in [3.63, 3.8) is 0 Å². The summed E-state index contributed by atoms with van der Waals surface area (Å²) in [5.41, 5.74) is 1.60. The molecular formula is C19H33FIN5O. The van der Waals surface area contributed by atoms with Gasteiger partial charge in [-0.2, -0.15) is 0 Å². The van der Waals surface area contributed by atoms with Crippen LogP contribution in [0.15, 0.2) is 23.2 Å². The molecule has 1 aromatic carbocycles. The Kier molecular flexibility index (Phi) is 11.6. The molecule has 0 saturated carbocycles. The number of rotatable bonds is 8. The first-order valence-corrected chi connectivity index (χ1v) is 9.37. The van der Waals surface area contributed by atoms with Gasteiger partial charge in [-0.05, 0) is 30.7 Å². The van der Waals surface area contributed by atoms with E-state index >= 15 is 0 Å². The zero-order chi connectivity index (χ0) is 18.8. The molecule has 0 bridgehead atoms. The van der Waals surface area contributed by atoms with Gasteiger partial charge in [-0.25, -0.2) is 4.39 Å². The standard InChI is InChI=1S/C19H32FN5O.HI/c1-4-24-9-11-25(12-10-24)18-7-6-16(14-17(18)20)15-23-19(21-2)22-8-5-13-26-3;/h6-7,14H,4-5,8-13,15H2,1-3H3,(H2,21,22,23);1H. The van der Waals surface area contributed by atoms with Gasteiger partial charge in [0.2, 0.25) is 0 Å². The lowest BCUT2D eigenvalue weighted by Crippen LogP contribution is -2.46. The molecule has 0 spiro atoms. The zero-order valence-corrected chi connectivity index (χ0v) is 19.0. The summed E-state index contributed by atoms with van der Waals surface area (Å²) in [6, 6.07) is 5.49. The van der Waals surface area contributed by atoms with E-state index in [0.717, 1.165) is 51.3 Å². The van der Waals surface area contributed by atoms with Crippen LogP contribution in [-0.4, -0.2) is 70.9 Å². The van der Waals surface area contributed by atoms with Crippen molar-refractivity contribution in [2.45, 2.75) is 19.9 Å². The predicted octanol–water partition coefficient (Wildman–Crippen LogP) is 2.29. The highest BCUT2D eigenvalue weighted by atomic mass is 127. The number of benzene rings is 1. The van der Waals surface area contributed by atoms with Gasteiger partial charge in [0.1, 0.15) is 5.82 Å². The van der Waals surface area contributed by atoms with Gasteiger partial charge >= 0.3 is 0 Å². The highest BCUT2D eigenvalue weighted by Gasteiger charge is 2.18. The summed E-state index contributed by atoms with van der Waals surface area (Å²) < 4.78 is 19.6. The molecule has 154 valence electrons. The maximum atomic E-state index is 14.6. The van der Waals surface area contributed by atoms with Crippen molar-refractivity contribution >= 4 is 35.6 Å². The molecule has 2 N–H and O–H groups in total. The molecule has 6 nitrogen and oxygen atoms in total. The Morgan fingerprint density at radius 1 is 1.22 bits per heavy atom. The van der Waals surface area contributed by atoms with Crippen molar-refractivity contribution < 1.29 is 9.13 Å². The van der Waals surface area contributed by atoms with E-state index < -0.39 is 0 Å². The summed E-state index contributed by atoms with van der Waals surface area (Å²) >= 11 is 0. The summed E-state index contributed by atoms with van der Waals surface area (Å²) in [4.78, 5) is 8.70. The van der Waals surface area contributed by atoms with E-state index in [1.165, 1.54) is 0 Å². The van der Waals surface area contributed by atoms with Crippen molar-refractivity contribution in [3.05, 3.63) is 29.6 Å². The van der Waals surface area contributed by atoms with Gasteiger partial charge in [0.15, 0.2) is 5.96 Å². The number of anilines is 1. The normalized spacial score (nSPS) is 15.4. The number of halogens is 2. The Hall–Kier alpha value is -1.13. The minimum absolute atomic E-state index is 0. The van der Waals surface area contributed by atoms with Gasteiger partial charge in [-0.15, -0.1) is 24.0 Å². The van der Waals surface area contributed by atoms with Gasteiger partial charge in [0.05, 0.1) is 5.69 Å². The Morgan fingerprint density at radius 2 is 1.96 bits per heavy atom. The third kappa shape index (κ3) is 7.79. The van der Waals surface area contributed by atoms with Crippen LogP contribution in [0.25, 0.3) is 0 Å². The molecule has 8 heteroatoms. The van der Waals surface area contributed by atoms with Crippen molar-refractivity contribution in [2.24, 2.45) is 4.99 Å². The number of nitrogens with zero attached hydrogens (tertiary/aromatic N) is 3. The second kappa shape index (κ2) is 13.1. The van der Waals surface area contributed by atoms with Crippen molar-refractivity contribution in [1.29, 1.82) is 0 Å². The zero-order valence-electron chi connectivity index (χ0n) is 16.6. The Bertz CT molecular complexity index is 579. The molecule has 0 atom stereocenters. The van der Waals surface area contributed by atoms with E-state index in [4.69, 9.17) is 4.74 Å². The fourth-order valence-electron chi connectivity index (χ4n) is 3.05. The third-order valence-corrected chi connectivity index (χ3v) is 4.67. The van der Waals surface area contributed by atoms with Crippen LogP contribution in [0, 0.1) is 5.82 Å². The van der Waals surface area contributed by atoms with Gasteiger partial charge in [0.25, 0.3) is 0 Å². The van der Waals surface area contributed by atoms with Gasteiger partial charge in [-0.1, -0.05) is 13.0 Å². The minimum Gasteiger partial charge on any atom is -0.385 e. The highest BCUT2D eigenvalue weighted by Crippen LogP contribution is 2.22. The number of guanidine groups is 1. The Morgan fingerprint density at radius 3 is 2.56 bits per heavy atom. The van der Waals surface area contributed by atoms with Crippen LogP contribution >= 0.6 is 24.0 Å². The first kappa shape index (κ1) is 23.9. The van der Waals surface area contributed by atoms with E-state index in [-0.39, 0.29) is 29.8 Å². The lowest BCUT2D eigenvalue weighted by molar-refractivity contribution is 0.195. The molecule has 1 aliphatic rings. The SMILES string of the molecule is CCN1CCN(c2ccc(CNC(=NC)NCCCOC)cc2F)CC1.I. The highest BCUT2D eigenvalue weighted by molar-refractivity contribution is 14.0. The van der Waals surface area contributed by atoms with Crippen LogP contribution < -0.4 is 15.5 Å². The maximum absolute atomic E-state index is 14.6. The molecule has 0 aliphatic carbocycles. The molecule has 1 heterocycles. The summed E-state index contributed by atoms with van der Waals surface area (Å²) in [6.45, 7) is 8.98. The number of hydrogen-bond acceptors (Lipinski definition) is 4. The average Bonchev–Trinajstić information content (AvgIpc) is 2.68. The molecule has 0 radical (unpaired) electrons. The Balaban J connectivity index is 0.00000364. The van der Waals surface area contributed by atoms with Crippen LogP contribution in [0.5, 0.6) is 0 Å². The topological polar surface area (TPSA) is 52.1 Å². The largest absolute Gasteiger partial charge is 0.385 e. The fourth-order valence-corrected chi connectivity index (χ4v) is 3.05. The minimum atomic E-state index is -0.155. The van der Waals surface area contributed by atoms with E-state index in [2.05, 4.69) is 32.3 Å². The number of aliphatic imine (C=N–C) groups is 1. The van der Waals surface area contributed by atoms with Gasteiger partial charge in [-0.3, -0.25) is 4.99 Å². The van der Waals surface area contributed by atoms with Crippen molar-refractivity contribution in [3.8, 4) is 0 Å². The van der Waals surface area contributed by atoms with E-state index in [0.29, 0.717) is 24.8 Å². The first-order valence-electron chi connectivity index (χ1n) is 9.37. The predicted molar refractivity (Wildman–Crippen MR) is 121 cm³/mol. The molecule has 0 aromatic heterocycles. The van der Waals surface area contributed by atoms with E-state index in [1.54, 1.807) is 20.2 Å². The van der Waals surface area contributed by atoms with Crippen molar-refractivity contribution in [1.82, 2.24) is 15.5 Å². The second-order valence-electron chi connectivity index (χ2n) is 6.41. The van der Waals surface area contributed by atoms with Crippen molar-refractivity contribution in [2.75, 3.05) is 64.9 Å². The van der Waals surface area contributed by atoms with Crippen LogP contribution in [0.1, 0.15) is 18.9 Å². The van der Waals surface area contributed by atoms with Crippen LogP contribution in [-0.2, 0) is 11.3 Å². The quantitative estimate of drug-likeness (QED) is 0.252. The molecule has 2 rings (SSSR count). The summed E-state index contributed by atoms with van der Waals surface area (Å²) in [6.07, 6.45) is 0.909. The summed E-state index contributed by atoms with van der Waals surface area (Å²) in [5.74, 6) is 0.554. The summed E-state index contributed by atoms with van der Waals surface area (Å²) in [7, 11) is 3.42. The van der Waals surface area contributed by atoms with Gasteiger partial charge in [0, 0.05) is 60.0 Å². The molecule has 1 aromatic rings. The van der Waals surface area contributed by atoms with Crippen LogP contribution in [0.3, 0.4) is 0 Å². The second-order valence-corrected chi connectivity index (χ2v) is 6.41. The maximum Gasteiger partial charge on any atom is 0.191 e. The third-order valence-electron chi connectivity index (χ3n) is 4.67. The number of piperazine rings is 1. The van der Waals surface area contributed by atoms with Crippen LogP contribution in [0.4, 0.5) is 10.1 Å². The number of methoxy groups -OCH3 is 1. The first-order chi connectivity index (χ1) is 12.7. The number of nitrogens with one attached hydrogen (secondary N) is 2. The molecule has 1 fully saturated rings. The lowest BCUT2D eigenvalue weighted by Gasteiger charge is -2.35. The van der Waals surface area contributed by atoms with E-state index in [1.807, 2.05) is 12.1 Å². The van der Waals surface area contributed by atoms with E-state index in [9.17, 15) is 4.39 Å². The monoisotopic (exact) mass is 493 g/mol. The summed E-state index contributed by atoms with van der Waals surface area (Å²) in [5, 5.41) is 6.43. The molecule has 1 aliphatic heterocycles. The molecule has 1 saturated heterocycles. The molecule has 0 unspecified atom stereocenters. The lowest BCUT2D eigenvalue weighted by atomic mass is 10.1. The molecule has 0 amide bonds. The van der Waals surface area contributed by atoms with Gasteiger partial charge < -0.3 is 25.2 Å². The molecular weight excluding hydrogens is 460 g/mol. The fraction of sp³-hybridized carbons (Fsp3) is 0.632. The van der Waals surface area contributed by atoms with Crippen LogP contribution in [0.2, 0.25) is 0 Å².